The highest BCUT2D eigenvalue weighted by Crippen LogP contribution is 2.10. The minimum Gasteiger partial charge on any atom is -0.348 e. The minimum absolute atomic E-state index is 0.0639. The van der Waals surface area contributed by atoms with E-state index in [0.29, 0.717) is 0 Å². The smallest absolute Gasteiger partial charge is 0.237 e. The molecule has 2 atom stereocenters. The van der Waals surface area contributed by atoms with Crippen molar-refractivity contribution in [3.05, 3.63) is 30.1 Å². The van der Waals surface area contributed by atoms with Crippen LogP contribution in [0.3, 0.4) is 0 Å². The highest BCUT2D eigenvalue weighted by atomic mass is 16.2. The second-order valence-corrected chi connectivity index (χ2v) is 4.29. The fourth-order valence-electron chi connectivity index (χ4n) is 1.33. The number of aromatic nitrogens is 1. The summed E-state index contributed by atoms with van der Waals surface area (Å²) in [6.45, 7) is 5.78. The van der Waals surface area contributed by atoms with Crippen LogP contribution in [0, 0.1) is 5.92 Å². The summed E-state index contributed by atoms with van der Waals surface area (Å²) in [4.78, 5) is 15.7. The van der Waals surface area contributed by atoms with Gasteiger partial charge in [-0.15, -0.1) is 0 Å². The lowest BCUT2D eigenvalue weighted by molar-refractivity contribution is -0.123. The van der Waals surface area contributed by atoms with Crippen molar-refractivity contribution in [3.8, 4) is 0 Å². The van der Waals surface area contributed by atoms with Crippen LogP contribution in [0.25, 0.3) is 0 Å². The molecule has 1 aromatic rings. The van der Waals surface area contributed by atoms with Gasteiger partial charge < -0.3 is 11.1 Å². The van der Waals surface area contributed by atoms with Crippen LogP contribution in [0.15, 0.2) is 24.5 Å². The second kappa shape index (κ2) is 5.61. The van der Waals surface area contributed by atoms with Crippen molar-refractivity contribution in [1.29, 1.82) is 0 Å². The van der Waals surface area contributed by atoms with Crippen molar-refractivity contribution in [2.45, 2.75) is 32.9 Å². The molecule has 0 aliphatic rings. The van der Waals surface area contributed by atoms with E-state index in [4.69, 9.17) is 5.73 Å². The van der Waals surface area contributed by atoms with E-state index in [1.807, 2.05) is 32.9 Å². The van der Waals surface area contributed by atoms with Gasteiger partial charge in [0.1, 0.15) is 0 Å². The average Bonchev–Trinajstić information content (AvgIpc) is 2.28. The lowest BCUT2D eigenvalue weighted by Crippen LogP contribution is -2.44. The lowest BCUT2D eigenvalue weighted by Gasteiger charge is -2.19. The topological polar surface area (TPSA) is 68.0 Å². The summed E-state index contributed by atoms with van der Waals surface area (Å²) in [5, 5.41) is 2.87. The van der Waals surface area contributed by atoms with Crippen molar-refractivity contribution in [3.63, 3.8) is 0 Å². The van der Waals surface area contributed by atoms with Gasteiger partial charge in [0, 0.05) is 12.4 Å². The molecule has 3 N–H and O–H groups in total. The van der Waals surface area contributed by atoms with Gasteiger partial charge in [-0.1, -0.05) is 19.9 Å². The van der Waals surface area contributed by atoms with Gasteiger partial charge >= 0.3 is 0 Å². The van der Waals surface area contributed by atoms with E-state index in [1.54, 1.807) is 12.4 Å². The van der Waals surface area contributed by atoms with Crippen LogP contribution in [0.4, 0.5) is 0 Å². The zero-order chi connectivity index (χ0) is 12.1. The summed E-state index contributed by atoms with van der Waals surface area (Å²) in [6.07, 6.45) is 3.45. The Balaban J connectivity index is 2.58. The zero-order valence-corrected chi connectivity index (χ0v) is 9.97. The summed E-state index contributed by atoms with van der Waals surface area (Å²) >= 11 is 0. The second-order valence-electron chi connectivity index (χ2n) is 4.29. The zero-order valence-electron chi connectivity index (χ0n) is 9.97. The predicted molar refractivity (Wildman–Crippen MR) is 63.6 cm³/mol. The number of amides is 1. The van der Waals surface area contributed by atoms with Crippen molar-refractivity contribution >= 4 is 5.91 Å². The molecule has 0 fully saturated rings. The first-order chi connectivity index (χ1) is 7.52. The predicted octanol–water partition coefficient (Wildman–Crippen LogP) is 1.24. The maximum atomic E-state index is 11.7. The summed E-state index contributed by atoms with van der Waals surface area (Å²) in [5.74, 6) is 0.0208. The Morgan fingerprint density at radius 1 is 1.44 bits per heavy atom. The first-order valence-electron chi connectivity index (χ1n) is 5.48. The van der Waals surface area contributed by atoms with Gasteiger partial charge in [0.25, 0.3) is 0 Å². The Morgan fingerprint density at radius 3 is 2.62 bits per heavy atom. The molecule has 0 bridgehead atoms. The molecule has 0 radical (unpaired) electrons. The van der Waals surface area contributed by atoms with Gasteiger partial charge in [-0.05, 0) is 24.5 Å². The van der Waals surface area contributed by atoms with Gasteiger partial charge in [-0.25, -0.2) is 0 Å². The molecule has 4 heteroatoms. The number of nitrogens with one attached hydrogen (secondary N) is 1. The molecular formula is C12H19N3O. The molecule has 0 saturated heterocycles. The Hall–Kier alpha value is -1.42. The molecule has 1 rings (SSSR count). The number of nitrogens with two attached hydrogens (primary N) is 1. The van der Waals surface area contributed by atoms with Crippen molar-refractivity contribution in [2.24, 2.45) is 11.7 Å². The Kier molecular flexibility index (Phi) is 4.43. The number of pyridine rings is 1. The van der Waals surface area contributed by atoms with Gasteiger partial charge in [-0.3, -0.25) is 9.78 Å². The van der Waals surface area contributed by atoms with E-state index in [1.165, 1.54) is 0 Å². The maximum absolute atomic E-state index is 11.7. The number of carbonyl (C=O) groups excluding carboxylic acids is 1. The molecule has 88 valence electrons. The summed E-state index contributed by atoms with van der Waals surface area (Å²) < 4.78 is 0. The molecule has 0 aliphatic carbocycles. The van der Waals surface area contributed by atoms with Crippen LogP contribution in [0.5, 0.6) is 0 Å². The standard InChI is InChI=1S/C12H19N3O/c1-8(2)11(13)12(16)15-9(3)10-5-4-6-14-7-10/h4-9,11H,13H2,1-3H3,(H,15,16)/t9-,11-/m0/s1. The Morgan fingerprint density at radius 2 is 2.12 bits per heavy atom. The van der Waals surface area contributed by atoms with Gasteiger partial charge in [-0.2, -0.15) is 0 Å². The third-order valence-electron chi connectivity index (χ3n) is 2.56. The van der Waals surface area contributed by atoms with Crippen molar-refractivity contribution in [1.82, 2.24) is 10.3 Å². The highest BCUT2D eigenvalue weighted by molar-refractivity contribution is 5.82. The number of nitrogens with zero attached hydrogens (tertiary/aromatic N) is 1. The molecule has 0 spiro atoms. The molecule has 1 aromatic heterocycles. The van der Waals surface area contributed by atoms with Crippen LogP contribution >= 0.6 is 0 Å². The third kappa shape index (κ3) is 3.31. The lowest BCUT2D eigenvalue weighted by atomic mass is 10.0. The third-order valence-corrected chi connectivity index (χ3v) is 2.56. The van der Waals surface area contributed by atoms with Crippen LogP contribution in [-0.2, 0) is 4.79 Å². The minimum atomic E-state index is -0.459. The van der Waals surface area contributed by atoms with Crippen LogP contribution in [0.1, 0.15) is 32.4 Å². The maximum Gasteiger partial charge on any atom is 0.237 e. The Labute approximate surface area is 96.3 Å². The quantitative estimate of drug-likeness (QED) is 0.803. The van der Waals surface area contributed by atoms with Gasteiger partial charge in [0.15, 0.2) is 0 Å². The van der Waals surface area contributed by atoms with Crippen molar-refractivity contribution in [2.75, 3.05) is 0 Å². The van der Waals surface area contributed by atoms with Crippen LogP contribution < -0.4 is 11.1 Å². The number of hydrogen-bond donors (Lipinski definition) is 2. The number of rotatable bonds is 4. The molecule has 0 saturated carbocycles. The largest absolute Gasteiger partial charge is 0.348 e. The number of hydrogen-bond acceptors (Lipinski definition) is 3. The fourth-order valence-corrected chi connectivity index (χ4v) is 1.33. The van der Waals surface area contributed by atoms with E-state index < -0.39 is 6.04 Å². The molecule has 0 aliphatic heterocycles. The van der Waals surface area contributed by atoms with E-state index in [2.05, 4.69) is 10.3 Å². The molecule has 1 amide bonds. The monoisotopic (exact) mass is 221 g/mol. The first kappa shape index (κ1) is 12.6. The molecular weight excluding hydrogens is 202 g/mol. The first-order valence-corrected chi connectivity index (χ1v) is 5.48. The molecule has 0 aromatic carbocycles. The summed E-state index contributed by atoms with van der Waals surface area (Å²) in [5.41, 5.74) is 6.74. The molecule has 0 unspecified atom stereocenters. The summed E-state index contributed by atoms with van der Waals surface area (Å²) in [6, 6.07) is 3.25. The van der Waals surface area contributed by atoms with Gasteiger partial charge in [0.2, 0.25) is 5.91 Å². The molecule has 16 heavy (non-hydrogen) atoms. The molecule has 1 heterocycles. The van der Waals surface area contributed by atoms with E-state index in [0.717, 1.165) is 5.56 Å². The van der Waals surface area contributed by atoms with E-state index in [-0.39, 0.29) is 17.9 Å². The van der Waals surface area contributed by atoms with E-state index >= 15 is 0 Å². The molecule has 4 nitrogen and oxygen atoms in total. The van der Waals surface area contributed by atoms with Crippen molar-refractivity contribution < 1.29 is 4.79 Å². The van der Waals surface area contributed by atoms with E-state index in [9.17, 15) is 4.79 Å². The fraction of sp³-hybridized carbons (Fsp3) is 0.500. The number of carbonyl (C=O) groups is 1. The summed E-state index contributed by atoms with van der Waals surface area (Å²) in [7, 11) is 0. The Bertz CT molecular complexity index is 337. The van der Waals surface area contributed by atoms with Crippen LogP contribution in [-0.4, -0.2) is 16.9 Å². The van der Waals surface area contributed by atoms with Crippen LogP contribution in [0.2, 0.25) is 0 Å². The van der Waals surface area contributed by atoms with Gasteiger partial charge in [0.05, 0.1) is 12.1 Å². The highest BCUT2D eigenvalue weighted by Gasteiger charge is 2.19. The average molecular weight is 221 g/mol. The normalized spacial score (nSPS) is 14.6. The SMILES string of the molecule is CC(C)[C@H](N)C(=O)N[C@@H](C)c1cccnc1.